The summed E-state index contributed by atoms with van der Waals surface area (Å²) < 4.78 is 0. The number of aryl methyl sites for hydroxylation is 1. The van der Waals surface area contributed by atoms with Crippen LogP contribution >= 0.6 is 0 Å². The number of nitrogens with two attached hydrogens (primary N) is 1. The van der Waals surface area contributed by atoms with Crippen LogP contribution in [-0.4, -0.2) is 22.0 Å². The predicted molar refractivity (Wildman–Crippen MR) is 115 cm³/mol. The molecule has 0 bridgehead atoms. The lowest BCUT2D eigenvalue weighted by Crippen LogP contribution is -2.55. The van der Waals surface area contributed by atoms with E-state index in [1.165, 1.54) is 10.8 Å². The van der Waals surface area contributed by atoms with Crippen molar-refractivity contribution in [1.82, 2.24) is 15.3 Å². The second-order valence-electron chi connectivity index (χ2n) is 7.36. The molecule has 6 heteroatoms. The Kier molecular flexibility index (Phi) is 3.74. The molecule has 2 aromatic heterocycles. The number of aromatic amines is 2. The number of rotatable bonds is 4. The zero-order chi connectivity index (χ0) is 19.1. The average Bonchev–Trinajstić information content (AvgIpc) is 3.26. The van der Waals surface area contributed by atoms with Gasteiger partial charge < -0.3 is 20.6 Å². The second-order valence-corrected chi connectivity index (χ2v) is 7.36. The maximum absolute atomic E-state index is 6.55. The number of aliphatic imine (C=N–C) groups is 1. The van der Waals surface area contributed by atoms with Crippen LogP contribution in [0.5, 0.6) is 0 Å². The van der Waals surface area contributed by atoms with Crippen LogP contribution in [0.15, 0.2) is 71.6 Å². The first-order valence-electron chi connectivity index (χ1n) is 9.31. The molecule has 0 fully saturated rings. The van der Waals surface area contributed by atoms with E-state index in [0.717, 1.165) is 33.8 Å². The van der Waals surface area contributed by atoms with Crippen molar-refractivity contribution in [1.29, 1.82) is 0 Å². The van der Waals surface area contributed by atoms with Gasteiger partial charge in [0.15, 0.2) is 5.79 Å². The number of anilines is 1. The van der Waals surface area contributed by atoms with E-state index >= 15 is 0 Å². The minimum absolute atomic E-state index is 0.583. The summed E-state index contributed by atoms with van der Waals surface area (Å²) in [4.78, 5) is 11.0. The van der Waals surface area contributed by atoms with Gasteiger partial charge in [0.2, 0.25) is 0 Å². The normalized spacial score (nSPS) is 19.0. The molecule has 1 atom stereocenters. The number of allylic oxidation sites excluding steroid dienone is 1. The summed E-state index contributed by atoms with van der Waals surface area (Å²) in [6.45, 7) is 2.06. The van der Waals surface area contributed by atoms with E-state index in [2.05, 4.69) is 75.0 Å². The van der Waals surface area contributed by atoms with Gasteiger partial charge in [0.1, 0.15) is 5.82 Å². The Morgan fingerprint density at radius 2 is 1.93 bits per heavy atom. The number of hydrogen-bond donors (Lipinski definition) is 5. The first-order valence-corrected chi connectivity index (χ1v) is 9.31. The predicted octanol–water partition coefficient (Wildman–Crippen LogP) is 3.74. The van der Waals surface area contributed by atoms with Crippen molar-refractivity contribution in [3.8, 4) is 0 Å². The van der Waals surface area contributed by atoms with E-state index in [1.807, 2.05) is 18.3 Å². The molecular weight excluding hydrogens is 348 g/mol. The summed E-state index contributed by atoms with van der Waals surface area (Å²) in [5.74, 6) is -0.0672. The topological polar surface area (TPSA) is 94.0 Å². The third kappa shape index (κ3) is 3.14. The molecule has 1 aliphatic heterocycles. The Labute approximate surface area is 162 Å². The average molecular weight is 370 g/mol. The van der Waals surface area contributed by atoms with Gasteiger partial charge in [-0.1, -0.05) is 6.07 Å². The maximum atomic E-state index is 6.55. The molecule has 0 aliphatic carbocycles. The van der Waals surface area contributed by atoms with Gasteiger partial charge in [-0.25, -0.2) is 0 Å². The number of H-pyrrole nitrogens is 2. The second kappa shape index (κ2) is 6.28. The van der Waals surface area contributed by atoms with Crippen LogP contribution in [0, 0.1) is 6.92 Å². The first kappa shape index (κ1) is 16.6. The van der Waals surface area contributed by atoms with Gasteiger partial charge in [-0.2, -0.15) is 0 Å². The van der Waals surface area contributed by atoms with Crippen LogP contribution in [0.1, 0.15) is 11.3 Å². The number of nitrogens with one attached hydrogen (secondary N) is 4. The molecule has 5 rings (SSSR count). The summed E-state index contributed by atoms with van der Waals surface area (Å²) >= 11 is 0. The van der Waals surface area contributed by atoms with Crippen molar-refractivity contribution in [2.24, 2.45) is 10.7 Å². The van der Waals surface area contributed by atoms with Crippen LogP contribution in [0.25, 0.3) is 21.8 Å². The van der Waals surface area contributed by atoms with Crippen molar-refractivity contribution >= 4 is 33.7 Å². The fourth-order valence-electron chi connectivity index (χ4n) is 3.75. The van der Waals surface area contributed by atoms with Crippen molar-refractivity contribution < 1.29 is 0 Å². The Bertz CT molecular complexity index is 1230. The largest absolute Gasteiger partial charge is 0.361 e. The number of nitrogens with zero attached hydrogens (tertiary/aromatic N) is 1. The molecule has 0 saturated carbocycles. The lowest BCUT2D eigenvalue weighted by Gasteiger charge is -2.31. The quantitative estimate of drug-likeness (QED) is 0.379. The molecule has 0 spiro atoms. The van der Waals surface area contributed by atoms with Gasteiger partial charge in [0.05, 0.1) is 0 Å². The molecule has 1 unspecified atom stereocenters. The van der Waals surface area contributed by atoms with Gasteiger partial charge in [0, 0.05) is 46.6 Å². The number of hydrogen-bond acceptors (Lipinski definition) is 4. The smallest absolute Gasteiger partial charge is 0.187 e. The highest BCUT2D eigenvalue weighted by Crippen LogP contribution is 2.23. The fourth-order valence-corrected chi connectivity index (χ4v) is 3.75. The molecular formula is C22H22N6. The summed E-state index contributed by atoms with van der Waals surface area (Å²) in [6.07, 6.45) is 6.18. The fraction of sp³-hybridized carbons (Fsp3) is 0.136. The maximum Gasteiger partial charge on any atom is 0.187 e. The Morgan fingerprint density at radius 3 is 2.86 bits per heavy atom. The Balaban J connectivity index is 1.34. The van der Waals surface area contributed by atoms with Gasteiger partial charge >= 0.3 is 0 Å². The van der Waals surface area contributed by atoms with E-state index < -0.39 is 5.79 Å². The molecule has 0 saturated heterocycles. The highest BCUT2D eigenvalue weighted by atomic mass is 15.3. The summed E-state index contributed by atoms with van der Waals surface area (Å²) in [5, 5.41) is 9.09. The third-order valence-corrected chi connectivity index (χ3v) is 5.02. The molecule has 0 amide bonds. The van der Waals surface area contributed by atoms with Crippen molar-refractivity contribution in [3.05, 3.63) is 77.9 Å². The minimum Gasteiger partial charge on any atom is -0.361 e. The van der Waals surface area contributed by atoms with E-state index in [-0.39, 0.29) is 0 Å². The molecule has 6 nitrogen and oxygen atoms in total. The Morgan fingerprint density at radius 1 is 1.04 bits per heavy atom. The van der Waals surface area contributed by atoms with Crippen molar-refractivity contribution in [2.75, 3.05) is 5.32 Å². The lowest BCUT2D eigenvalue weighted by atomic mass is 10.0. The zero-order valence-corrected chi connectivity index (χ0v) is 15.6. The van der Waals surface area contributed by atoms with Gasteiger partial charge in [-0.3, -0.25) is 10.7 Å². The molecule has 140 valence electrons. The Hall–Kier alpha value is -3.51. The monoisotopic (exact) mass is 370 g/mol. The van der Waals surface area contributed by atoms with Gasteiger partial charge in [-0.15, -0.1) is 0 Å². The molecule has 2 aromatic carbocycles. The minimum atomic E-state index is -0.893. The molecule has 0 radical (unpaired) electrons. The van der Waals surface area contributed by atoms with E-state index in [4.69, 9.17) is 5.73 Å². The van der Waals surface area contributed by atoms with Crippen molar-refractivity contribution in [2.45, 2.75) is 19.1 Å². The standard InChI is InChI=1S/C22H22N6/c1-14-10-17-12-18(3-5-20(17)26-14)27-21-7-9-25-22(23,28-21)13-15-2-4-19-16(11-15)6-8-24-19/h2-12,24,26-28H,13,23H2,1H3. The highest BCUT2D eigenvalue weighted by Gasteiger charge is 2.26. The number of benzene rings is 2. The lowest BCUT2D eigenvalue weighted by molar-refractivity contribution is 0.381. The summed E-state index contributed by atoms with van der Waals surface area (Å²) in [7, 11) is 0. The summed E-state index contributed by atoms with van der Waals surface area (Å²) in [6, 6.07) is 16.7. The van der Waals surface area contributed by atoms with Crippen LogP contribution < -0.4 is 16.4 Å². The molecule has 3 heterocycles. The van der Waals surface area contributed by atoms with Crippen molar-refractivity contribution in [3.63, 3.8) is 0 Å². The van der Waals surface area contributed by atoms with Crippen LogP contribution in [0.2, 0.25) is 0 Å². The first-order chi connectivity index (χ1) is 13.6. The van der Waals surface area contributed by atoms with Gasteiger partial charge in [-0.05, 0) is 66.4 Å². The molecule has 4 aromatic rings. The highest BCUT2D eigenvalue weighted by molar-refractivity contribution is 5.85. The van der Waals surface area contributed by atoms with Gasteiger partial charge in [0.25, 0.3) is 0 Å². The molecule has 1 aliphatic rings. The number of fused-ring (bicyclic) bond motifs is 2. The number of aromatic nitrogens is 2. The third-order valence-electron chi connectivity index (χ3n) is 5.02. The molecule has 6 N–H and O–H groups in total. The van der Waals surface area contributed by atoms with E-state index in [1.54, 1.807) is 6.21 Å². The van der Waals surface area contributed by atoms with Crippen LogP contribution in [-0.2, 0) is 6.42 Å². The van der Waals surface area contributed by atoms with E-state index in [9.17, 15) is 0 Å². The zero-order valence-electron chi connectivity index (χ0n) is 15.6. The SMILES string of the molecule is Cc1cc2cc(NC3=CC=NC(N)(Cc4ccc5[nH]ccc5c4)N3)ccc2[nH]1. The van der Waals surface area contributed by atoms with Crippen LogP contribution in [0.4, 0.5) is 5.69 Å². The van der Waals surface area contributed by atoms with Crippen LogP contribution in [0.3, 0.4) is 0 Å². The summed E-state index contributed by atoms with van der Waals surface area (Å²) in [5.41, 5.74) is 12.1. The van der Waals surface area contributed by atoms with E-state index in [0.29, 0.717) is 6.42 Å². The molecule has 28 heavy (non-hydrogen) atoms.